The molecule has 3 N–H and O–H groups in total. The van der Waals surface area contributed by atoms with Crippen LogP contribution in [0.25, 0.3) is 11.4 Å². The van der Waals surface area contributed by atoms with Gasteiger partial charge in [-0.1, -0.05) is 48.2 Å². The number of nitrogens with one attached hydrogen (secondary N) is 1. The van der Waals surface area contributed by atoms with Crippen molar-refractivity contribution >= 4 is 17.7 Å². The molecule has 1 heterocycles. The van der Waals surface area contributed by atoms with Crippen LogP contribution in [0.5, 0.6) is 0 Å². The highest BCUT2D eigenvalue weighted by Crippen LogP contribution is 2.29. The number of thioether (sulfide) groups is 1. The molecule has 3 aromatic rings. The summed E-state index contributed by atoms with van der Waals surface area (Å²) < 4.78 is 14.7. The SMILES string of the molecule is Nn1c(SCC(=O)N[C@H]2CCCc3ccccc32)nnc1-c1cccc(F)c1. The number of carbonyl (C=O) groups is 1. The van der Waals surface area contributed by atoms with Crippen LogP contribution in [0, 0.1) is 5.82 Å². The van der Waals surface area contributed by atoms with E-state index in [0.29, 0.717) is 16.5 Å². The molecule has 0 saturated heterocycles. The van der Waals surface area contributed by atoms with E-state index in [4.69, 9.17) is 5.84 Å². The van der Waals surface area contributed by atoms with Crippen LogP contribution in [0.3, 0.4) is 0 Å². The first kappa shape index (κ1) is 18.5. The summed E-state index contributed by atoms with van der Waals surface area (Å²) in [6.07, 6.45) is 3.05. The molecule has 0 saturated carbocycles. The number of carbonyl (C=O) groups excluding carboxylic acids is 1. The second-order valence-corrected chi connectivity index (χ2v) is 7.63. The van der Waals surface area contributed by atoms with E-state index in [9.17, 15) is 9.18 Å². The highest BCUT2D eigenvalue weighted by Gasteiger charge is 2.22. The Labute approximate surface area is 166 Å². The number of rotatable bonds is 5. The molecule has 0 aliphatic heterocycles. The minimum atomic E-state index is -0.373. The topological polar surface area (TPSA) is 85.8 Å². The molecule has 0 radical (unpaired) electrons. The summed E-state index contributed by atoms with van der Waals surface area (Å²) in [4.78, 5) is 12.4. The van der Waals surface area contributed by atoms with Gasteiger partial charge in [-0.25, -0.2) is 9.07 Å². The lowest BCUT2D eigenvalue weighted by Crippen LogP contribution is -2.32. The first-order valence-electron chi connectivity index (χ1n) is 9.08. The van der Waals surface area contributed by atoms with Crippen LogP contribution in [-0.2, 0) is 11.2 Å². The number of nitrogens with two attached hydrogens (primary N) is 1. The molecule has 144 valence electrons. The first-order chi connectivity index (χ1) is 13.6. The average molecular weight is 397 g/mol. The third-order valence-corrected chi connectivity index (χ3v) is 5.73. The predicted octanol–water partition coefficient (Wildman–Crippen LogP) is 3.08. The second kappa shape index (κ2) is 8.02. The van der Waals surface area contributed by atoms with Crippen molar-refractivity contribution in [3.8, 4) is 11.4 Å². The molecule has 1 atom stereocenters. The zero-order chi connectivity index (χ0) is 19.5. The molecule has 0 fully saturated rings. The van der Waals surface area contributed by atoms with Crippen molar-refractivity contribution in [3.63, 3.8) is 0 Å². The van der Waals surface area contributed by atoms with E-state index in [2.05, 4.69) is 27.6 Å². The van der Waals surface area contributed by atoms with Gasteiger partial charge in [0.25, 0.3) is 0 Å². The Morgan fingerprint density at radius 1 is 1.25 bits per heavy atom. The number of halogens is 1. The zero-order valence-electron chi connectivity index (χ0n) is 15.1. The maximum atomic E-state index is 13.4. The van der Waals surface area contributed by atoms with Crippen LogP contribution in [0.1, 0.15) is 30.0 Å². The van der Waals surface area contributed by atoms with E-state index < -0.39 is 0 Å². The van der Waals surface area contributed by atoms with Crippen LogP contribution < -0.4 is 11.2 Å². The summed E-state index contributed by atoms with van der Waals surface area (Å²) in [7, 11) is 0. The molecule has 0 unspecified atom stereocenters. The van der Waals surface area contributed by atoms with Gasteiger partial charge < -0.3 is 11.2 Å². The maximum absolute atomic E-state index is 13.4. The summed E-state index contributed by atoms with van der Waals surface area (Å²) >= 11 is 1.20. The van der Waals surface area contributed by atoms with Crippen molar-refractivity contribution in [2.75, 3.05) is 11.6 Å². The predicted molar refractivity (Wildman–Crippen MR) is 107 cm³/mol. The molecule has 8 heteroatoms. The molecule has 0 spiro atoms. The van der Waals surface area contributed by atoms with Gasteiger partial charge in [-0.05, 0) is 42.5 Å². The highest BCUT2D eigenvalue weighted by atomic mass is 32.2. The highest BCUT2D eigenvalue weighted by molar-refractivity contribution is 7.99. The van der Waals surface area contributed by atoms with Crippen LogP contribution in [0.15, 0.2) is 53.7 Å². The molecule has 4 rings (SSSR count). The standard InChI is InChI=1S/C20H20FN5OS/c21-15-8-3-7-14(11-15)19-24-25-20(26(19)22)28-12-18(27)23-17-10-4-6-13-5-1-2-9-16(13)17/h1-3,5,7-9,11,17H,4,6,10,12,22H2,(H,23,27)/t17-/m0/s1. The third kappa shape index (κ3) is 3.87. The maximum Gasteiger partial charge on any atom is 0.230 e. The lowest BCUT2D eigenvalue weighted by atomic mass is 9.88. The van der Waals surface area contributed by atoms with Gasteiger partial charge in [0.15, 0.2) is 5.82 Å². The number of nitrogen functional groups attached to an aromatic ring is 1. The summed E-state index contributed by atoms with van der Waals surface area (Å²) in [6, 6.07) is 14.3. The Morgan fingerprint density at radius 3 is 2.96 bits per heavy atom. The van der Waals surface area contributed by atoms with Crippen molar-refractivity contribution in [3.05, 3.63) is 65.5 Å². The van der Waals surface area contributed by atoms with Crippen LogP contribution in [-0.4, -0.2) is 26.5 Å². The minimum Gasteiger partial charge on any atom is -0.349 e. The molecule has 28 heavy (non-hydrogen) atoms. The number of fused-ring (bicyclic) bond motifs is 1. The van der Waals surface area contributed by atoms with Gasteiger partial charge in [-0.3, -0.25) is 4.79 Å². The van der Waals surface area contributed by atoms with Gasteiger partial charge in [0.2, 0.25) is 11.1 Å². The summed E-state index contributed by atoms with van der Waals surface area (Å²) in [5.74, 6) is 6.11. The van der Waals surface area contributed by atoms with Gasteiger partial charge in [0.05, 0.1) is 11.8 Å². The fourth-order valence-corrected chi connectivity index (χ4v) is 4.14. The molecule has 2 aromatic carbocycles. The molecular weight excluding hydrogens is 377 g/mol. The molecule has 1 aromatic heterocycles. The normalized spacial score (nSPS) is 15.8. The first-order valence-corrected chi connectivity index (χ1v) is 10.1. The van der Waals surface area contributed by atoms with Crippen LogP contribution in [0.4, 0.5) is 4.39 Å². The monoisotopic (exact) mass is 397 g/mol. The van der Waals surface area contributed by atoms with E-state index in [-0.39, 0.29) is 23.5 Å². The average Bonchev–Trinajstić information content (AvgIpc) is 3.07. The number of benzene rings is 2. The van der Waals surface area contributed by atoms with E-state index in [1.165, 1.54) is 39.7 Å². The number of aromatic nitrogens is 3. The Hall–Kier alpha value is -2.87. The van der Waals surface area contributed by atoms with Crippen molar-refractivity contribution < 1.29 is 9.18 Å². The number of amides is 1. The van der Waals surface area contributed by atoms with Gasteiger partial charge in [0, 0.05) is 5.56 Å². The van der Waals surface area contributed by atoms with Crippen LogP contribution >= 0.6 is 11.8 Å². The van der Waals surface area contributed by atoms with E-state index in [1.54, 1.807) is 12.1 Å². The number of hydrogen-bond acceptors (Lipinski definition) is 5. The summed E-state index contributed by atoms with van der Waals surface area (Å²) in [6.45, 7) is 0. The van der Waals surface area contributed by atoms with Crippen molar-refractivity contribution in [1.82, 2.24) is 20.2 Å². The summed E-state index contributed by atoms with van der Waals surface area (Å²) in [5.41, 5.74) is 3.03. The second-order valence-electron chi connectivity index (χ2n) is 6.69. The number of hydrogen-bond donors (Lipinski definition) is 2. The van der Waals surface area contributed by atoms with Gasteiger partial charge in [-0.15, -0.1) is 10.2 Å². The molecule has 1 amide bonds. The molecule has 1 aliphatic carbocycles. The number of nitrogens with zero attached hydrogens (tertiary/aromatic N) is 3. The van der Waals surface area contributed by atoms with Gasteiger partial charge >= 0.3 is 0 Å². The Bertz CT molecular complexity index is 1010. The van der Waals surface area contributed by atoms with E-state index in [1.807, 2.05) is 12.1 Å². The van der Waals surface area contributed by atoms with Crippen molar-refractivity contribution in [2.24, 2.45) is 0 Å². The van der Waals surface area contributed by atoms with Crippen molar-refractivity contribution in [1.29, 1.82) is 0 Å². The van der Waals surface area contributed by atoms with Crippen molar-refractivity contribution in [2.45, 2.75) is 30.5 Å². The fourth-order valence-electron chi connectivity index (χ4n) is 3.47. The van der Waals surface area contributed by atoms with Gasteiger partial charge in [-0.2, -0.15) is 0 Å². The number of aryl methyl sites for hydroxylation is 1. The molecule has 0 bridgehead atoms. The summed E-state index contributed by atoms with van der Waals surface area (Å²) in [5, 5.41) is 11.5. The molecule has 6 nitrogen and oxygen atoms in total. The van der Waals surface area contributed by atoms with Crippen LogP contribution in [0.2, 0.25) is 0 Å². The molecular formula is C20H20FN5OS. The Balaban J connectivity index is 1.40. The lowest BCUT2D eigenvalue weighted by molar-refractivity contribution is -0.119. The van der Waals surface area contributed by atoms with E-state index >= 15 is 0 Å². The Morgan fingerprint density at radius 2 is 2.11 bits per heavy atom. The molecule has 1 aliphatic rings. The Kier molecular flexibility index (Phi) is 5.29. The third-order valence-electron chi connectivity index (χ3n) is 4.78. The lowest BCUT2D eigenvalue weighted by Gasteiger charge is -2.26. The van der Waals surface area contributed by atoms with E-state index in [0.717, 1.165) is 19.3 Å². The minimum absolute atomic E-state index is 0.0386. The van der Waals surface area contributed by atoms with Gasteiger partial charge in [0.1, 0.15) is 5.82 Å². The fraction of sp³-hybridized carbons (Fsp3) is 0.250. The zero-order valence-corrected chi connectivity index (χ0v) is 16.0. The smallest absolute Gasteiger partial charge is 0.230 e. The quantitative estimate of drug-likeness (QED) is 0.510. The largest absolute Gasteiger partial charge is 0.349 e.